The Hall–Kier alpha value is -1.98. The molecule has 0 aliphatic carbocycles. The molecule has 1 aliphatic heterocycles. The van der Waals surface area contributed by atoms with Crippen molar-refractivity contribution < 1.29 is 9.59 Å². The number of aromatic nitrogens is 1. The predicted molar refractivity (Wildman–Crippen MR) is 67.9 cm³/mol. The number of piperidine rings is 1. The molecule has 4 N–H and O–H groups in total. The lowest BCUT2D eigenvalue weighted by molar-refractivity contribution is -0.126. The first-order chi connectivity index (χ1) is 8.63. The summed E-state index contributed by atoms with van der Waals surface area (Å²) in [7, 11) is 1.59. The van der Waals surface area contributed by atoms with E-state index < -0.39 is 0 Å². The van der Waals surface area contributed by atoms with Gasteiger partial charge in [0.2, 0.25) is 5.91 Å². The van der Waals surface area contributed by atoms with Crippen LogP contribution in [0.15, 0.2) is 12.3 Å². The summed E-state index contributed by atoms with van der Waals surface area (Å²) in [6, 6.07) is 1.22. The highest BCUT2D eigenvalue weighted by Gasteiger charge is 2.32. The average Bonchev–Trinajstić information content (AvgIpc) is 2.83. The first kappa shape index (κ1) is 12.5. The molecule has 0 spiro atoms. The molecule has 1 unspecified atom stereocenters. The number of aromatic amines is 1. The van der Waals surface area contributed by atoms with Gasteiger partial charge in [0.15, 0.2) is 0 Å². The van der Waals surface area contributed by atoms with E-state index in [1.807, 2.05) is 0 Å². The van der Waals surface area contributed by atoms with Crippen molar-refractivity contribution in [3.05, 3.63) is 18.0 Å². The van der Waals surface area contributed by atoms with Gasteiger partial charge in [0, 0.05) is 25.5 Å². The minimum absolute atomic E-state index is 0.109. The van der Waals surface area contributed by atoms with Gasteiger partial charge in [0.05, 0.1) is 0 Å². The maximum Gasteiger partial charge on any atom is 0.271 e. The lowest BCUT2D eigenvalue weighted by Gasteiger charge is -2.34. The van der Waals surface area contributed by atoms with Crippen LogP contribution in [-0.2, 0) is 4.79 Å². The molecule has 6 nitrogen and oxygen atoms in total. The molecular weight excluding hydrogens is 232 g/mol. The quantitative estimate of drug-likeness (QED) is 0.706. The van der Waals surface area contributed by atoms with E-state index in [1.165, 1.54) is 0 Å². The Bertz CT molecular complexity index is 455. The number of rotatable bonds is 2. The minimum atomic E-state index is -0.374. The Labute approximate surface area is 106 Å². The smallest absolute Gasteiger partial charge is 0.271 e. The zero-order valence-corrected chi connectivity index (χ0v) is 10.4. The number of hydrogen-bond donors (Lipinski definition) is 3. The molecule has 1 saturated heterocycles. The fourth-order valence-corrected chi connectivity index (χ4v) is 2.30. The van der Waals surface area contributed by atoms with Crippen LogP contribution in [0.3, 0.4) is 0 Å². The standard InChI is InChI=1S/C12H18N4O2/c1-14-11(17)10-4-2-3-5-16(10)12(18)9-6-8(13)7-15-9/h6-7,10,15H,2-5,13H2,1H3,(H,14,17). The third kappa shape index (κ3) is 2.32. The van der Waals surface area contributed by atoms with Crippen LogP contribution in [0.4, 0.5) is 5.69 Å². The van der Waals surface area contributed by atoms with Crippen LogP contribution >= 0.6 is 0 Å². The maximum absolute atomic E-state index is 12.3. The maximum atomic E-state index is 12.3. The van der Waals surface area contributed by atoms with Crippen LogP contribution in [0.2, 0.25) is 0 Å². The van der Waals surface area contributed by atoms with Crippen LogP contribution in [0.25, 0.3) is 0 Å². The van der Waals surface area contributed by atoms with Crippen LogP contribution in [-0.4, -0.2) is 41.3 Å². The summed E-state index contributed by atoms with van der Waals surface area (Å²) in [5.74, 6) is -0.275. The summed E-state index contributed by atoms with van der Waals surface area (Å²) in [6.07, 6.45) is 4.18. The van der Waals surface area contributed by atoms with E-state index in [0.29, 0.717) is 24.3 Å². The number of nitrogens with zero attached hydrogens (tertiary/aromatic N) is 1. The number of nitrogen functional groups attached to an aromatic ring is 1. The second-order valence-electron chi connectivity index (χ2n) is 4.47. The first-order valence-corrected chi connectivity index (χ1v) is 6.10. The van der Waals surface area contributed by atoms with Crippen LogP contribution < -0.4 is 11.1 Å². The molecule has 0 radical (unpaired) electrons. The van der Waals surface area contributed by atoms with E-state index in [9.17, 15) is 9.59 Å². The van der Waals surface area contributed by atoms with E-state index in [-0.39, 0.29) is 17.9 Å². The number of nitrogens with two attached hydrogens (primary N) is 1. The molecule has 0 saturated carbocycles. The molecule has 98 valence electrons. The summed E-state index contributed by atoms with van der Waals surface area (Å²) < 4.78 is 0. The molecule has 0 bridgehead atoms. The monoisotopic (exact) mass is 250 g/mol. The minimum Gasteiger partial charge on any atom is -0.397 e. The molecular formula is C12H18N4O2. The second kappa shape index (κ2) is 5.12. The third-order valence-corrected chi connectivity index (χ3v) is 3.25. The largest absolute Gasteiger partial charge is 0.397 e. The number of carbonyl (C=O) groups is 2. The van der Waals surface area contributed by atoms with Crippen molar-refractivity contribution in [1.29, 1.82) is 0 Å². The molecule has 1 aliphatic rings. The summed E-state index contributed by atoms with van der Waals surface area (Å²) in [5.41, 5.74) is 6.54. The van der Waals surface area contributed by atoms with Crippen molar-refractivity contribution >= 4 is 17.5 Å². The SMILES string of the molecule is CNC(=O)C1CCCCN1C(=O)c1cc(N)c[nH]1. The van der Waals surface area contributed by atoms with Gasteiger partial charge in [0.25, 0.3) is 5.91 Å². The van der Waals surface area contributed by atoms with Gasteiger partial charge in [-0.15, -0.1) is 0 Å². The van der Waals surface area contributed by atoms with Crippen molar-refractivity contribution in [2.24, 2.45) is 0 Å². The molecule has 1 aromatic rings. The molecule has 2 amide bonds. The number of nitrogens with one attached hydrogen (secondary N) is 2. The number of likely N-dealkylation sites (N-methyl/N-ethyl adjacent to an activating group) is 1. The van der Waals surface area contributed by atoms with Crippen molar-refractivity contribution in [3.63, 3.8) is 0 Å². The Balaban J connectivity index is 2.18. The van der Waals surface area contributed by atoms with Gasteiger partial charge in [-0.3, -0.25) is 9.59 Å². The number of H-pyrrole nitrogens is 1. The molecule has 18 heavy (non-hydrogen) atoms. The highest BCUT2D eigenvalue weighted by atomic mass is 16.2. The highest BCUT2D eigenvalue weighted by molar-refractivity contribution is 5.97. The zero-order chi connectivity index (χ0) is 13.1. The second-order valence-corrected chi connectivity index (χ2v) is 4.47. The number of hydrogen-bond acceptors (Lipinski definition) is 3. The van der Waals surface area contributed by atoms with E-state index >= 15 is 0 Å². The average molecular weight is 250 g/mol. The van der Waals surface area contributed by atoms with Gasteiger partial charge in [-0.25, -0.2) is 0 Å². The summed E-state index contributed by atoms with van der Waals surface area (Å²) in [6.45, 7) is 0.607. The van der Waals surface area contributed by atoms with Gasteiger partial charge < -0.3 is 20.9 Å². The number of likely N-dealkylation sites (tertiary alicyclic amines) is 1. The third-order valence-electron chi connectivity index (χ3n) is 3.25. The number of carbonyl (C=O) groups excluding carboxylic acids is 2. The number of amides is 2. The van der Waals surface area contributed by atoms with Crippen molar-refractivity contribution in [2.75, 3.05) is 19.3 Å². The van der Waals surface area contributed by atoms with E-state index in [0.717, 1.165) is 12.8 Å². The van der Waals surface area contributed by atoms with Crippen molar-refractivity contribution in [3.8, 4) is 0 Å². The van der Waals surface area contributed by atoms with Gasteiger partial charge in [-0.2, -0.15) is 0 Å². The molecule has 1 fully saturated rings. The number of anilines is 1. The fraction of sp³-hybridized carbons (Fsp3) is 0.500. The first-order valence-electron chi connectivity index (χ1n) is 6.10. The topological polar surface area (TPSA) is 91.2 Å². The molecule has 2 heterocycles. The Morgan fingerprint density at radius 3 is 2.89 bits per heavy atom. The fourth-order valence-electron chi connectivity index (χ4n) is 2.30. The van der Waals surface area contributed by atoms with Gasteiger partial charge in [-0.1, -0.05) is 0 Å². The van der Waals surface area contributed by atoms with E-state index in [1.54, 1.807) is 24.2 Å². The van der Waals surface area contributed by atoms with Gasteiger partial charge in [0.1, 0.15) is 11.7 Å². The summed E-state index contributed by atoms with van der Waals surface area (Å²) >= 11 is 0. The lowest BCUT2D eigenvalue weighted by atomic mass is 10.0. The van der Waals surface area contributed by atoms with Crippen molar-refractivity contribution in [2.45, 2.75) is 25.3 Å². The Morgan fingerprint density at radius 1 is 1.50 bits per heavy atom. The molecule has 1 atom stereocenters. The van der Waals surface area contributed by atoms with Crippen LogP contribution in [0.5, 0.6) is 0 Å². The molecule has 2 rings (SSSR count). The van der Waals surface area contributed by atoms with E-state index in [2.05, 4.69) is 10.3 Å². The molecule has 0 aromatic carbocycles. The van der Waals surface area contributed by atoms with Crippen LogP contribution in [0.1, 0.15) is 29.8 Å². The highest BCUT2D eigenvalue weighted by Crippen LogP contribution is 2.20. The summed E-state index contributed by atoms with van der Waals surface area (Å²) in [4.78, 5) is 28.5. The van der Waals surface area contributed by atoms with Gasteiger partial charge >= 0.3 is 0 Å². The Morgan fingerprint density at radius 2 is 2.28 bits per heavy atom. The Kier molecular flexibility index (Phi) is 3.55. The van der Waals surface area contributed by atoms with E-state index in [4.69, 9.17) is 5.73 Å². The zero-order valence-electron chi connectivity index (χ0n) is 10.4. The normalized spacial score (nSPS) is 19.6. The lowest BCUT2D eigenvalue weighted by Crippen LogP contribution is -2.51. The summed E-state index contributed by atoms with van der Waals surface area (Å²) in [5, 5.41) is 2.61. The molecule has 1 aromatic heterocycles. The molecule has 6 heteroatoms. The van der Waals surface area contributed by atoms with Crippen LogP contribution in [0, 0.1) is 0 Å². The van der Waals surface area contributed by atoms with Crippen molar-refractivity contribution in [1.82, 2.24) is 15.2 Å². The predicted octanol–water partition coefficient (Wildman–Crippen LogP) is 0.338. The van der Waals surface area contributed by atoms with Gasteiger partial charge in [-0.05, 0) is 25.3 Å².